The molecular weight excluding hydrogens is 260 g/mol. The van der Waals surface area contributed by atoms with Crippen LogP contribution in [-0.4, -0.2) is 41.9 Å². The molecule has 2 amide bonds. The molecule has 0 bridgehead atoms. The smallest absolute Gasteiger partial charge is 0.315 e. The van der Waals surface area contributed by atoms with Crippen LogP contribution in [0.4, 0.5) is 4.79 Å². The molecule has 0 aromatic carbocycles. The second-order valence-corrected chi connectivity index (χ2v) is 5.70. The van der Waals surface area contributed by atoms with E-state index in [0.717, 1.165) is 32.1 Å². The first-order valence-electron chi connectivity index (χ1n) is 7.51. The maximum absolute atomic E-state index is 11.9. The molecule has 2 fully saturated rings. The van der Waals surface area contributed by atoms with E-state index in [4.69, 9.17) is 9.84 Å². The third kappa shape index (κ3) is 3.85. The number of carbonyl (C=O) groups is 2. The number of carboxylic acids is 1. The molecule has 0 aromatic rings. The van der Waals surface area contributed by atoms with Gasteiger partial charge in [0.2, 0.25) is 0 Å². The van der Waals surface area contributed by atoms with Gasteiger partial charge >= 0.3 is 12.0 Å². The maximum Gasteiger partial charge on any atom is 0.315 e. The molecule has 0 radical (unpaired) electrons. The predicted octanol–water partition coefficient (Wildman–Crippen LogP) is 1.50. The zero-order chi connectivity index (χ0) is 14.5. The highest BCUT2D eigenvalue weighted by molar-refractivity contribution is 5.77. The van der Waals surface area contributed by atoms with E-state index >= 15 is 0 Å². The van der Waals surface area contributed by atoms with Crippen LogP contribution in [0.2, 0.25) is 0 Å². The van der Waals surface area contributed by atoms with Crippen molar-refractivity contribution in [3.63, 3.8) is 0 Å². The average Bonchev–Trinajstić information content (AvgIpc) is 2.36. The summed E-state index contributed by atoms with van der Waals surface area (Å²) in [6.45, 7) is 2.66. The molecule has 0 spiro atoms. The number of ether oxygens (including phenoxy) is 1. The van der Waals surface area contributed by atoms with Gasteiger partial charge in [-0.25, -0.2) is 4.79 Å². The second-order valence-electron chi connectivity index (χ2n) is 5.70. The average molecular weight is 284 g/mol. The maximum atomic E-state index is 11.9. The first kappa shape index (κ1) is 15.1. The van der Waals surface area contributed by atoms with Gasteiger partial charge in [0.15, 0.2) is 0 Å². The van der Waals surface area contributed by atoms with Gasteiger partial charge in [0.25, 0.3) is 0 Å². The Morgan fingerprint density at radius 1 is 1.20 bits per heavy atom. The van der Waals surface area contributed by atoms with E-state index in [2.05, 4.69) is 10.6 Å². The Labute approximate surface area is 119 Å². The van der Waals surface area contributed by atoms with Gasteiger partial charge in [0.1, 0.15) is 0 Å². The summed E-state index contributed by atoms with van der Waals surface area (Å²) in [5.74, 6) is -1.26. The van der Waals surface area contributed by atoms with Gasteiger partial charge in [-0.05, 0) is 32.6 Å². The van der Waals surface area contributed by atoms with Crippen LogP contribution >= 0.6 is 0 Å². The Bertz CT molecular complexity index is 355. The highest BCUT2D eigenvalue weighted by Crippen LogP contribution is 2.25. The monoisotopic (exact) mass is 284 g/mol. The molecular formula is C14H24N2O4. The normalized spacial score (nSPS) is 33.0. The van der Waals surface area contributed by atoms with E-state index in [-0.39, 0.29) is 24.2 Å². The molecule has 114 valence electrons. The number of aliphatic carboxylic acids is 1. The zero-order valence-electron chi connectivity index (χ0n) is 11.9. The zero-order valence-corrected chi connectivity index (χ0v) is 11.9. The summed E-state index contributed by atoms with van der Waals surface area (Å²) in [4.78, 5) is 23.1. The van der Waals surface area contributed by atoms with Crippen molar-refractivity contribution in [2.45, 2.75) is 63.6 Å². The lowest BCUT2D eigenvalue weighted by molar-refractivity contribution is -0.143. The minimum Gasteiger partial charge on any atom is -0.481 e. The highest BCUT2D eigenvalue weighted by Gasteiger charge is 2.34. The fraction of sp³-hybridized carbons (Fsp3) is 0.857. The van der Waals surface area contributed by atoms with E-state index in [1.54, 1.807) is 0 Å². The molecule has 0 heterocycles. The van der Waals surface area contributed by atoms with Gasteiger partial charge in [-0.15, -0.1) is 0 Å². The van der Waals surface area contributed by atoms with Crippen LogP contribution in [-0.2, 0) is 9.53 Å². The third-order valence-corrected chi connectivity index (χ3v) is 4.23. The van der Waals surface area contributed by atoms with Crippen molar-refractivity contribution < 1.29 is 19.4 Å². The molecule has 0 aliphatic heterocycles. The Balaban J connectivity index is 1.72. The quantitative estimate of drug-likeness (QED) is 0.714. The number of hydrogen-bond acceptors (Lipinski definition) is 3. The Kier molecular flexibility index (Phi) is 5.23. The van der Waals surface area contributed by atoms with Crippen molar-refractivity contribution >= 4 is 12.0 Å². The molecule has 2 unspecified atom stereocenters. The summed E-state index contributed by atoms with van der Waals surface area (Å²) in [5.41, 5.74) is 0. The summed E-state index contributed by atoms with van der Waals surface area (Å²) in [7, 11) is 0. The number of amides is 2. The predicted molar refractivity (Wildman–Crippen MR) is 73.5 cm³/mol. The van der Waals surface area contributed by atoms with Crippen LogP contribution < -0.4 is 10.6 Å². The molecule has 2 rings (SSSR count). The molecule has 0 aromatic heterocycles. The van der Waals surface area contributed by atoms with E-state index in [9.17, 15) is 9.59 Å². The van der Waals surface area contributed by atoms with Crippen molar-refractivity contribution in [3.05, 3.63) is 0 Å². The first-order valence-corrected chi connectivity index (χ1v) is 7.51. The van der Waals surface area contributed by atoms with E-state index < -0.39 is 11.9 Å². The lowest BCUT2D eigenvalue weighted by atomic mass is 9.84. The lowest BCUT2D eigenvalue weighted by Gasteiger charge is -2.36. The van der Waals surface area contributed by atoms with Crippen molar-refractivity contribution in [3.8, 4) is 0 Å². The number of carbonyl (C=O) groups excluding carboxylic acids is 1. The fourth-order valence-electron chi connectivity index (χ4n) is 3.05. The summed E-state index contributed by atoms with van der Waals surface area (Å²) in [6, 6.07) is -0.342. The summed E-state index contributed by atoms with van der Waals surface area (Å²) in [5, 5.41) is 14.9. The number of hydrogen-bond donors (Lipinski definition) is 3. The molecule has 2 saturated carbocycles. The Morgan fingerprint density at radius 3 is 2.55 bits per heavy atom. The lowest BCUT2D eigenvalue weighted by Crippen LogP contribution is -2.54. The first-order chi connectivity index (χ1) is 9.60. The summed E-state index contributed by atoms with van der Waals surface area (Å²) in [6.07, 6.45) is 5.24. The minimum absolute atomic E-state index is 0.151. The van der Waals surface area contributed by atoms with Gasteiger partial charge in [-0.3, -0.25) is 4.79 Å². The molecule has 3 N–H and O–H groups in total. The molecule has 0 saturated heterocycles. The number of rotatable bonds is 5. The molecule has 2 aliphatic rings. The van der Waals surface area contributed by atoms with Gasteiger partial charge in [-0.1, -0.05) is 12.8 Å². The number of urea groups is 1. The molecule has 20 heavy (non-hydrogen) atoms. The standard InChI is InChI=1S/C14H24N2O4/c1-2-20-10-7-9(8-10)15-14(19)16-12-6-4-3-5-11(12)13(17)18/h9-12H,2-8H2,1H3,(H,17,18)(H2,15,16,19). The third-order valence-electron chi connectivity index (χ3n) is 4.23. The Hall–Kier alpha value is -1.30. The van der Waals surface area contributed by atoms with Crippen LogP contribution in [0.3, 0.4) is 0 Å². The van der Waals surface area contributed by atoms with E-state index in [0.29, 0.717) is 13.0 Å². The van der Waals surface area contributed by atoms with Gasteiger partial charge in [0.05, 0.1) is 12.0 Å². The molecule has 6 heteroatoms. The van der Waals surface area contributed by atoms with Gasteiger partial charge < -0.3 is 20.5 Å². The molecule has 2 atom stereocenters. The van der Waals surface area contributed by atoms with Crippen LogP contribution in [0.15, 0.2) is 0 Å². The number of carboxylic acid groups (broad SMARTS) is 1. The second kappa shape index (κ2) is 6.92. The van der Waals surface area contributed by atoms with Gasteiger partial charge in [-0.2, -0.15) is 0 Å². The SMILES string of the molecule is CCOC1CC(NC(=O)NC2CCCCC2C(=O)O)C1. The fourth-order valence-corrected chi connectivity index (χ4v) is 3.05. The van der Waals surface area contributed by atoms with Crippen molar-refractivity contribution in [2.24, 2.45) is 5.92 Å². The van der Waals surface area contributed by atoms with Crippen molar-refractivity contribution in [1.82, 2.24) is 10.6 Å². The highest BCUT2D eigenvalue weighted by atomic mass is 16.5. The van der Waals surface area contributed by atoms with Crippen LogP contribution in [0.1, 0.15) is 45.4 Å². The minimum atomic E-state index is -0.810. The summed E-state index contributed by atoms with van der Waals surface area (Å²) >= 11 is 0. The molecule has 2 aliphatic carbocycles. The van der Waals surface area contributed by atoms with Crippen molar-refractivity contribution in [1.29, 1.82) is 0 Å². The Morgan fingerprint density at radius 2 is 1.90 bits per heavy atom. The largest absolute Gasteiger partial charge is 0.481 e. The van der Waals surface area contributed by atoms with E-state index in [1.165, 1.54) is 0 Å². The van der Waals surface area contributed by atoms with Crippen LogP contribution in [0.25, 0.3) is 0 Å². The van der Waals surface area contributed by atoms with Crippen LogP contribution in [0, 0.1) is 5.92 Å². The van der Waals surface area contributed by atoms with Crippen LogP contribution in [0.5, 0.6) is 0 Å². The van der Waals surface area contributed by atoms with Crippen molar-refractivity contribution in [2.75, 3.05) is 6.61 Å². The topological polar surface area (TPSA) is 87.7 Å². The van der Waals surface area contributed by atoms with E-state index in [1.807, 2.05) is 6.92 Å². The number of nitrogens with one attached hydrogen (secondary N) is 2. The summed E-state index contributed by atoms with van der Waals surface area (Å²) < 4.78 is 5.44. The molecule has 6 nitrogen and oxygen atoms in total. The van der Waals surface area contributed by atoms with Gasteiger partial charge in [0, 0.05) is 18.7 Å².